The smallest absolute Gasteiger partial charge is 0.325 e. The van der Waals surface area contributed by atoms with Crippen LogP contribution in [0.1, 0.15) is 43.1 Å². The fourth-order valence-corrected chi connectivity index (χ4v) is 3.17. The van der Waals surface area contributed by atoms with Crippen LogP contribution < -0.4 is 10.8 Å². The van der Waals surface area contributed by atoms with Crippen molar-refractivity contribution in [1.29, 1.82) is 0 Å². The summed E-state index contributed by atoms with van der Waals surface area (Å²) >= 11 is 0. The summed E-state index contributed by atoms with van der Waals surface area (Å²) in [6.45, 7) is 4.83. The number of hydrogen-bond acceptors (Lipinski definition) is 5. The van der Waals surface area contributed by atoms with Gasteiger partial charge in [-0.2, -0.15) is 0 Å². The number of amides is 4. The first-order valence-corrected chi connectivity index (χ1v) is 8.44. The molecule has 0 radical (unpaired) electrons. The Morgan fingerprint density at radius 2 is 1.92 bits per heavy atom. The zero-order chi connectivity index (χ0) is 19.4. The summed E-state index contributed by atoms with van der Waals surface area (Å²) in [5, 5.41) is 11.5. The highest BCUT2D eigenvalue weighted by molar-refractivity contribution is 6.07. The van der Waals surface area contributed by atoms with E-state index in [9.17, 15) is 19.2 Å². The fourth-order valence-electron chi connectivity index (χ4n) is 3.17. The molecule has 26 heavy (non-hydrogen) atoms. The van der Waals surface area contributed by atoms with Gasteiger partial charge < -0.3 is 5.32 Å². The second kappa shape index (κ2) is 8.09. The van der Waals surface area contributed by atoms with Gasteiger partial charge in [0.05, 0.1) is 0 Å². The Bertz CT molecular complexity index is 731. The van der Waals surface area contributed by atoms with Crippen LogP contribution in [0.4, 0.5) is 4.79 Å². The second-order valence-corrected chi connectivity index (χ2v) is 6.63. The summed E-state index contributed by atoms with van der Waals surface area (Å²) in [5.74, 6) is -1.76. The first-order chi connectivity index (χ1) is 12.3. The lowest BCUT2D eigenvalue weighted by molar-refractivity contribution is -0.142. The first kappa shape index (κ1) is 19.6. The van der Waals surface area contributed by atoms with E-state index in [4.69, 9.17) is 5.21 Å². The quantitative estimate of drug-likeness (QED) is 0.293. The van der Waals surface area contributed by atoms with Gasteiger partial charge in [0.2, 0.25) is 0 Å². The Morgan fingerprint density at radius 1 is 1.27 bits per heavy atom. The molecule has 2 atom stereocenters. The molecule has 1 heterocycles. The zero-order valence-corrected chi connectivity index (χ0v) is 15.0. The lowest BCUT2D eigenvalue weighted by Crippen LogP contribution is -2.52. The molecular weight excluding hydrogens is 338 g/mol. The van der Waals surface area contributed by atoms with Crippen LogP contribution in [-0.4, -0.2) is 45.8 Å². The van der Waals surface area contributed by atoms with Crippen LogP contribution in [-0.2, 0) is 16.0 Å². The molecular formula is C18H23N3O5. The van der Waals surface area contributed by atoms with Crippen molar-refractivity contribution in [3.8, 4) is 0 Å². The molecule has 0 saturated carbocycles. The molecule has 1 saturated heterocycles. The molecule has 1 aliphatic heterocycles. The third-order valence-electron chi connectivity index (χ3n) is 4.44. The number of hydroxylamine groups is 1. The third kappa shape index (κ3) is 3.91. The zero-order valence-electron chi connectivity index (χ0n) is 15.0. The molecule has 1 aromatic carbocycles. The molecule has 1 fully saturated rings. The predicted molar refractivity (Wildman–Crippen MR) is 92.5 cm³/mol. The highest BCUT2D eigenvalue weighted by Gasteiger charge is 2.45. The molecule has 8 heteroatoms. The molecule has 0 bridgehead atoms. The maximum atomic E-state index is 12.6. The number of hydrogen-bond donors (Lipinski definition) is 3. The minimum atomic E-state index is -1.10. The van der Waals surface area contributed by atoms with E-state index in [1.807, 2.05) is 12.1 Å². The topological polar surface area (TPSA) is 116 Å². The number of nitrogens with one attached hydrogen (secondary N) is 2. The van der Waals surface area contributed by atoms with E-state index in [-0.39, 0.29) is 11.7 Å². The SMILES string of the molecule is CC(=O)c1ccccc1CCC1NC(=O)N(C(C(=O)NO)C(C)C)C1=O. The van der Waals surface area contributed by atoms with Gasteiger partial charge in [0.25, 0.3) is 11.8 Å². The molecule has 2 unspecified atom stereocenters. The molecule has 1 aliphatic rings. The lowest BCUT2D eigenvalue weighted by Gasteiger charge is -2.26. The lowest BCUT2D eigenvalue weighted by atomic mass is 9.97. The molecule has 0 aliphatic carbocycles. The number of rotatable bonds is 7. The van der Waals surface area contributed by atoms with Crippen LogP contribution in [0.15, 0.2) is 24.3 Å². The number of ketones is 1. The predicted octanol–water partition coefficient (Wildman–Crippen LogP) is 1.27. The van der Waals surface area contributed by atoms with Crippen LogP contribution in [0.5, 0.6) is 0 Å². The minimum absolute atomic E-state index is 0.0662. The van der Waals surface area contributed by atoms with E-state index < -0.39 is 29.9 Å². The maximum Gasteiger partial charge on any atom is 0.325 e. The Hall–Kier alpha value is -2.74. The Kier molecular flexibility index (Phi) is 6.10. The van der Waals surface area contributed by atoms with Gasteiger partial charge in [-0.25, -0.2) is 15.2 Å². The van der Waals surface area contributed by atoms with Gasteiger partial charge in [0.1, 0.15) is 12.1 Å². The third-order valence-corrected chi connectivity index (χ3v) is 4.44. The van der Waals surface area contributed by atoms with E-state index in [0.717, 1.165) is 10.5 Å². The summed E-state index contributed by atoms with van der Waals surface area (Å²) in [5.41, 5.74) is 2.89. The average molecular weight is 361 g/mol. The van der Waals surface area contributed by atoms with Gasteiger partial charge >= 0.3 is 6.03 Å². The Morgan fingerprint density at radius 3 is 2.50 bits per heavy atom. The van der Waals surface area contributed by atoms with Gasteiger partial charge in [-0.15, -0.1) is 0 Å². The monoisotopic (exact) mass is 361 g/mol. The van der Waals surface area contributed by atoms with Crippen LogP contribution in [0, 0.1) is 5.92 Å². The van der Waals surface area contributed by atoms with Crippen molar-refractivity contribution in [2.45, 2.75) is 45.7 Å². The second-order valence-electron chi connectivity index (χ2n) is 6.63. The van der Waals surface area contributed by atoms with Gasteiger partial charge in [-0.1, -0.05) is 38.1 Å². The molecule has 0 aromatic heterocycles. The van der Waals surface area contributed by atoms with Gasteiger partial charge in [-0.3, -0.25) is 19.6 Å². The van der Waals surface area contributed by atoms with Crippen LogP contribution in [0.3, 0.4) is 0 Å². The highest BCUT2D eigenvalue weighted by atomic mass is 16.5. The van der Waals surface area contributed by atoms with Gasteiger partial charge in [0, 0.05) is 5.56 Å². The van der Waals surface area contributed by atoms with Crippen molar-refractivity contribution >= 4 is 23.6 Å². The van der Waals surface area contributed by atoms with Crippen molar-refractivity contribution in [3.05, 3.63) is 35.4 Å². The fraction of sp³-hybridized carbons (Fsp3) is 0.444. The van der Waals surface area contributed by atoms with Gasteiger partial charge in [0.15, 0.2) is 5.78 Å². The van der Waals surface area contributed by atoms with E-state index >= 15 is 0 Å². The van der Waals surface area contributed by atoms with Crippen molar-refractivity contribution in [3.63, 3.8) is 0 Å². The van der Waals surface area contributed by atoms with Crippen LogP contribution in [0.2, 0.25) is 0 Å². The number of urea groups is 1. The van der Waals surface area contributed by atoms with Crippen LogP contribution in [0.25, 0.3) is 0 Å². The van der Waals surface area contributed by atoms with E-state index in [1.165, 1.54) is 12.4 Å². The Labute approximate surface area is 151 Å². The van der Waals surface area contributed by atoms with E-state index in [2.05, 4.69) is 5.32 Å². The number of carbonyl (C=O) groups is 4. The number of benzene rings is 1. The molecule has 4 amide bonds. The average Bonchev–Trinajstić information content (AvgIpc) is 2.87. The summed E-state index contributed by atoms with van der Waals surface area (Å²) in [4.78, 5) is 49.3. The molecule has 0 spiro atoms. The van der Waals surface area contributed by atoms with Crippen molar-refractivity contribution in [2.75, 3.05) is 0 Å². The molecule has 8 nitrogen and oxygen atoms in total. The Balaban J connectivity index is 2.14. The van der Waals surface area contributed by atoms with E-state index in [1.54, 1.807) is 26.0 Å². The number of Topliss-reactive ketones (excluding diaryl/α,β-unsaturated/α-hetero) is 1. The summed E-state index contributed by atoms with van der Waals surface area (Å²) in [6, 6.07) is 4.57. The molecule has 3 N–H and O–H groups in total. The van der Waals surface area contributed by atoms with Crippen molar-refractivity contribution in [1.82, 2.24) is 15.7 Å². The molecule has 2 rings (SSSR count). The maximum absolute atomic E-state index is 12.6. The van der Waals surface area contributed by atoms with Gasteiger partial charge in [-0.05, 0) is 31.2 Å². The molecule has 1 aromatic rings. The van der Waals surface area contributed by atoms with Crippen molar-refractivity contribution in [2.24, 2.45) is 5.92 Å². The number of carbonyl (C=O) groups excluding carboxylic acids is 4. The first-order valence-electron chi connectivity index (χ1n) is 8.44. The standard InChI is InChI=1S/C18H23N3O5/c1-10(2)15(16(23)20-26)21-17(24)14(19-18(21)25)9-8-12-6-4-5-7-13(12)11(3)22/h4-7,10,14-15,26H,8-9H2,1-3H3,(H,19,25)(H,20,23). The normalized spacial score (nSPS) is 18.0. The summed E-state index contributed by atoms with van der Waals surface area (Å²) < 4.78 is 0. The number of nitrogens with zero attached hydrogens (tertiary/aromatic N) is 1. The van der Waals surface area contributed by atoms with E-state index in [0.29, 0.717) is 18.4 Å². The van der Waals surface area contributed by atoms with Crippen LogP contribution >= 0.6 is 0 Å². The summed E-state index contributed by atoms with van der Waals surface area (Å²) in [7, 11) is 0. The molecule has 140 valence electrons. The highest BCUT2D eigenvalue weighted by Crippen LogP contribution is 2.21. The summed E-state index contributed by atoms with van der Waals surface area (Å²) in [6.07, 6.45) is 0.732. The number of imide groups is 1. The largest absolute Gasteiger partial charge is 0.326 e. The van der Waals surface area contributed by atoms with Crippen molar-refractivity contribution < 1.29 is 24.4 Å². The number of aryl methyl sites for hydroxylation is 1. The minimum Gasteiger partial charge on any atom is -0.326 e.